The van der Waals surface area contributed by atoms with Gasteiger partial charge in [0.05, 0.1) is 0 Å². The molecule has 0 aliphatic carbocycles. The first kappa shape index (κ1) is 22.1. The molecular formula is C13H22Cl2N4O3S. The summed E-state index contributed by atoms with van der Waals surface area (Å²) in [5.74, 6) is -0.0703. The van der Waals surface area contributed by atoms with Crippen molar-refractivity contribution in [1.29, 1.82) is 0 Å². The number of sulfonamides is 1. The Morgan fingerprint density at radius 2 is 2.17 bits per heavy atom. The van der Waals surface area contributed by atoms with Gasteiger partial charge in [0.2, 0.25) is 15.9 Å². The molecule has 10 heteroatoms. The number of hydrogen-bond acceptors (Lipinski definition) is 5. The van der Waals surface area contributed by atoms with E-state index in [1.165, 1.54) is 18.5 Å². The number of hydrogen-bond donors (Lipinski definition) is 2. The maximum Gasteiger partial charge on any atom is 0.242 e. The number of aromatic nitrogens is 1. The number of carbonyl (C=O) groups is 1. The number of pyridine rings is 1. The zero-order valence-electron chi connectivity index (χ0n) is 12.6. The van der Waals surface area contributed by atoms with Crippen LogP contribution in [0.5, 0.6) is 0 Å². The van der Waals surface area contributed by atoms with E-state index in [2.05, 4.69) is 9.71 Å². The summed E-state index contributed by atoms with van der Waals surface area (Å²) in [5.41, 5.74) is 5.82. The first-order valence-corrected chi connectivity index (χ1v) is 8.40. The highest BCUT2D eigenvalue weighted by Gasteiger charge is 2.21. The van der Waals surface area contributed by atoms with E-state index in [1.54, 1.807) is 11.0 Å². The summed E-state index contributed by atoms with van der Waals surface area (Å²) in [6.07, 6.45) is 4.73. The molecule has 1 aliphatic heterocycles. The number of rotatable bonds is 5. The van der Waals surface area contributed by atoms with Gasteiger partial charge >= 0.3 is 0 Å². The summed E-state index contributed by atoms with van der Waals surface area (Å²) in [6, 6.07) is 3.03. The Morgan fingerprint density at radius 1 is 1.43 bits per heavy atom. The van der Waals surface area contributed by atoms with E-state index < -0.39 is 10.0 Å². The smallest absolute Gasteiger partial charge is 0.242 e. The van der Waals surface area contributed by atoms with Gasteiger partial charge in [-0.25, -0.2) is 13.1 Å². The molecule has 1 aromatic heterocycles. The van der Waals surface area contributed by atoms with Crippen LogP contribution in [0.3, 0.4) is 0 Å². The van der Waals surface area contributed by atoms with E-state index in [0.717, 1.165) is 12.8 Å². The van der Waals surface area contributed by atoms with Gasteiger partial charge in [-0.15, -0.1) is 24.8 Å². The van der Waals surface area contributed by atoms with E-state index in [1.807, 2.05) is 0 Å². The summed E-state index contributed by atoms with van der Waals surface area (Å²) in [7, 11) is -3.61. The molecule has 1 unspecified atom stereocenters. The monoisotopic (exact) mass is 384 g/mol. The molecule has 2 rings (SSSR count). The molecule has 132 valence electrons. The average Bonchev–Trinajstić information content (AvgIpc) is 2.48. The van der Waals surface area contributed by atoms with Crippen molar-refractivity contribution >= 4 is 40.7 Å². The molecule has 2 heterocycles. The molecule has 3 N–H and O–H groups in total. The normalized spacial score (nSPS) is 17.8. The van der Waals surface area contributed by atoms with Crippen LogP contribution in [0.1, 0.15) is 19.3 Å². The molecule has 1 aromatic rings. The van der Waals surface area contributed by atoms with Crippen molar-refractivity contribution in [1.82, 2.24) is 14.6 Å². The quantitative estimate of drug-likeness (QED) is 0.770. The van der Waals surface area contributed by atoms with Crippen molar-refractivity contribution in [3.63, 3.8) is 0 Å². The summed E-state index contributed by atoms with van der Waals surface area (Å²) in [5, 5.41) is 0. The number of halogens is 2. The molecule has 0 aromatic carbocycles. The van der Waals surface area contributed by atoms with E-state index in [9.17, 15) is 13.2 Å². The third-order valence-corrected chi connectivity index (χ3v) is 4.83. The van der Waals surface area contributed by atoms with Crippen molar-refractivity contribution in [3.05, 3.63) is 24.5 Å². The second kappa shape index (κ2) is 10.0. The SMILES string of the molecule is Cl.Cl.NC1CCCN(C(=O)CCNS(=O)(=O)c2cccnc2)C1. The number of nitrogens with two attached hydrogens (primary N) is 1. The molecule has 0 spiro atoms. The van der Waals surface area contributed by atoms with Gasteiger partial charge in [-0.1, -0.05) is 0 Å². The Morgan fingerprint density at radius 3 is 2.78 bits per heavy atom. The molecule has 23 heavy (non-hydrogen) atoms. The zero-order valence-corrected chi connectivity index (χ0v) is 15.0. The Bertz CT molecular complexity index is 586. The van der Waals surface area contributed by atoms with Crippen LogP contribution in [0.25, 0.3) is 0 Å². The van der Waals surface area contributed by atoms with Crippen molar-refractivity contribution in [3.8, 4) is 0 Å². The molecule has 0 radical (unpaired) electrons. The lowest BCUT2D eigenvalue weighted by Crippen LogP contribution is -2.46. The van der Waals surface area contributed by atoms with Gasteiger partial charge < -0.3 is 10.6 Å². The highest BCUT2D eigenvalue weighted by molar-refractivity contribution is 7.89. The lowest BCUT2D eigenvalue weighted by Gasteiger charge is -2.30. The summed E-state index contributed by atoms with van der Waals surface area (Å²) < 4.78 is 26.3. The van der Waals surface area contributed by atoms with Gasteiger partial charge in [-0.05, 0) is 25.0 Å². The van der Waals surface area contributed by atoms with Crippen molar-refractivity contribution < 1.29 is 13.2 Å². The summed E-state index contributed by atoms with van der Waals surface area (Å²) in [4.78, 5) is 17.6. The van der Waals surface area contributed by atoms with Crippen LogP contribution >= 0.6 is 24.8 Å². The van der Waals surface area contributed by atoms with Crippen molar-refractivity contribution in [2.45, 2.75) is 30.2 Å². The van der Waals surface area contributed by atoms with Crippen LogP contribution in [0.15, 0.2) is 29.4 Å². The molecule has 0 saturated carbocycles. The van der Waals surface area contributed by atoms with Crippen LogP contribution in [0.4, 0.5) is 0 Å². The first-order valence-electron chi connectivity index (χ1n) is 6.92. The summed E-state index contributed by atoms with van der Waals surface area (Å²) >= 11 is 0. The first-order chi connectivity index (χ1) is 9.99. The Kier molecular flexibility index (Phi) is 9.64. The number of nitrogens with zero attached hydrogens (tertiary/aromatic N) is 2. The predicted molar refractivity (Wildman–Crippen MR) is 92.3 cm³/mol. The highest BCUT2D eigenvalue weighted by Crippen LogP contribution is 2.10. The van der Waals surface area contributed by atoms with Gasteiger partial charge in [0.15, 0.2) is 0 Å². The minimum Gasteiger partial charge on any atom is -0.341 e. The van der Waals surface area contributed by atoms with Gasteiger partial charge in [-0.3, -0.25) is 9.78 Å². The van der Waals surface area contributed by atoms with Crippen LogP contribution in [0, 0.1) is 0 Å². The van der Waals surface area contributed by atoms with Crippen LogP contribution < -0.4 is 10.5 Å². The molecular weight excluding hydrogens is 363 g/mol. The number of piperidine rings is 1. The van der Waals surface area contributed by atoms with E-state index >= 15 is 0 Å². The molecule has 1 aliphatic rings. The predicted octanol–water partition coefficient (Wildman–Crippen LogP) is 0.543. The third-order valence-electron chi connectivity index (χ3n) is 3.39. The van der Waals surface area contributed by atoms with Crippen LogP contribution in [-0.4, -0.2) is 49.9 Å². The number of likely N-dealkylation sites (tertiary alicyclic amines) is 1. The number of nitrogens with one attached hydrogen (secondary N) is 1. The van der Waals surface area contributed by atoms with Crippen molar-refractivity contribution in [2.24, 2.45) is 5.73 Å². The number of carbonyl (C=O) groups excluding carboxylic acids is 1. The fourth-order valence-electron chi connectivity index (χ4n) is 2.28. The highest BCUT2D eigenvalue weighted by atomic mass is 35.5. The fraction of sp³-hybridized carbons (Fsp3) is 0.538. The Hall–Kier alpha value is -0.930. The molecule has 1 amide bonds. The standard InChI is InChI=1S/C13H20N4O3S.2ClH/c14-11-3-2-8-17(10-11)13(18)5-7-16-21(19,20)12-4-1-6-15-9-12;;/h1,4,6,9,11,16H,2-3,5,7-8,10,14H2;2*1H. The van der Waals surface area contributed by atoms with Crippen LogP contribution in [-0.2, 0) is 14.8 Å². The maximum atomic E-state index is 12.0. The molecule has 0 bridgehead atoms. The van der Waals surface area contributed by atoms with Gasteiger partial charge in [-0.2, -0.15) is 0 Å². The minimum atomic E-state index is -3.61. The lowest BCUT2D eigenvalue weighted by atomic mass is 10.1. The molecule has 1 fully saturated rings. The molecule has 1 saturated heterocycles. The minimum absolute atomic E-state index is 0. The van der Waals surface area contributed by atoms with Gasteiger partial charge in [0.1, 0.15) is 4.90 Å². The number of amides is 1. The molecule has 1 atom stereocenters. The van der Waals surface area contributed by atoms with E-state index in [0.29, 0.717) is 13.1 Å². The zero-order chi connectivity index (χ0) is 15.3. The van der Waals surface area contributed by atoms with Crippen molar-refractivity contribution in [2.75, 3.05) is 19.6 Å². The third kappa shape index (κ3) is 6.60. The maximum absolute atomic E-state index is 12.0. The van der Waals surface area contributed by atoms with Crippen LogP contribution in [0.2, 0.25) is 0 Å². The summed E-state index contributed by atoms with van der Waals surface area (Å²) in [6.45, 7) is 1.32. The van der Waals surface area contributed by atoms with Gasteiger partial charge in [0.25, 0.3) is 0 Å². The Labute approximate surface area is 148 Å². The largest absolute Gasteiger partial charge is 0.341 e. The second-order valence-corrected chi connectivity index (χ2v) is 6.85. The topological polar surface area (TPSA) is 105 Å². The average molecular weight is 385 g/mol. The molecule has 7 nitrogen and oxygen atoms in total. The lowest BCUT2D eigenvalue weighted by molar-refractivity contribution is -0.132. The fourth-order valence-corrected chi connectivity index (χ4v) is 3.27. The Balaban J connectivity index is 0.00000242. The second-order valence-electron chi connectivity index (χ2n) is 5.08. The van der Waals surface area contributed by atoms with Gasteiger partial charge in [0, 0.05) is 44.5 Å². The van der Waals surface area contributed by atoms with E-state index in [4.69, 9.17) is 5.73 Å². The van der Waals surface area contributed by atoms with E-state index in [-0.39, 0.29) is 54.6 Å².